The summed E-state index contributed by atoms with van der Waals surface area (Å²) in [5.74, 6) is 0.161. The van der Waals surface area contributed by atoms with E-state index in [1.807, 2.05) is 0 Å². The summed E-state index contributed by atoms with van der Waals surface area (Å²) in [5.41, 5.74) is -0.135. The van der Waals surface area contributed by atoms with Gasteiger partial charge in [-0.15, -0.1) is 0 Å². The second-order valence-electron chi connectivity index (χ2n) is 4.27. The first kappa shape index (κ1) is 11.8. The zero-order valence-electron chi connectivity index (χ0n) is 9.18. The summed E-state index contributed by atoms with van der Waals surface area (Å²) in [6, 6.07) is 0. The third kappa shape index (κ3) is 2.22. The second-order valence-corrected chi connectivity index (χ2v) is 4.68. The molecule has 1 aliphatic heterocycles. The van der Waals surface area contributed by atoms with Gasteiger partial charge in [0.1, 0.15) is 0 Å². The summed E-state index contributed by atoms with van der Waals surface area (Å²) < 4.78 is 1.40. The Hall–Kier alpha value is -0.240. The molecule has 0 aromatic carbocycles. The number of rotatable bonds is 4. The SMILES string of the molecule is CCCC1(CCC)CCCN(Cl)C1=O. The molecular formula is C11H20ClNO. The van der Waals surface area contributed by atoms with Crippen molar-refractivity contribution in [1.82, 2.24) is 4.42 Å². The number of hydrogen-bond donors (Lipinski definition) is 0. The summed E-state index contributed by atoms with van der Waals surface area (Å²) >= 11 is 5.91. The van der Waals surface area contributed by atoms with Gasteiger partial charge in [0.2, 0.25) is 5.91 Å². The van der Waals surface area contributed by atoms with E-state index < -0.39 is 0 Å². The van der Waals surface area contributed by atoms with Gasteiger partial charge in [0.05, 0.1) is 5.41 Å². The van der Waals surface area contributed by atoms with Gasteiger partial charge in [0.25, 0.3) is 0 Å². The Labute approximate surface area is 91.7 Å². The summed E-state index contributed by atoms with van der Waals surface area (Å²) in [5, 5.41) is 0. The molecule has 0 bridgehead atoms. The maximum absolute atomic E-state index is 12.0. The monoisotopic (exact) mass is 217 g/mol. The molecular weight excluding hydrogens is 198 g/mol. The molecule has 0 spiro atoms. The first-order valence-electron chi connectivity index (χ1n) is 5.64. The highest BCUT2D eigenvalue weighted by molar-refractivity contribution is 6.22. The van der Waals surface area contributed by atoms with Crippen molar-refractivity contribution >= 4 is 17.7 Å². The van der Waals surface area contributed by atoms with Crippen molar-refractivity contribution in [2.75, 3.05) is 6.54 Å². The molecule has 2 nitrogen and oxygen atoms in total. The fourth-order valence-electron chi connectivity index (χ4n) is 2.57. The number of nitrogens with zero attached hydrogens (tertiary/aromatic N) is 1. The summed E-state index contributed by atoms with van der Waals surface area (Å²) in [4.78, 5) is 12.0. The summed E-state index contributed by atoms with van der Waals surface area (Å²) in [6.07, 6.45) is 6.19. The maximum Gasteiger partial charge on any atom is 0.243 e. The van der Waals surface area contributed by atoms with Gasteiger partial charge in [0.15, 0.2) is 0 Å². The number of carbonyl (C=O) groups is 1. The van der Waals surface area contributed by atoms with E-state index in [0.29, 0.717) is 0 Å². The molecule has 1 rings (SSSR count). The molecule has 0 unspecified atom stereocenters. The Morgan fingerprint density at radius 1 is 1.36 bits per heavy atom. The van der Waals surface area contributed by atoms with Crippen molar-refractivity contribution in [2.24, 2.45) is 5.41 Å². The smallest absolute Gasteiger partial charge is 0.243 e. The second kappa shape index (κ2) is 5.01. The molecule has 0 N–H and O–H groups in total. The average molecular weight is 218 g/mol. The van der Waals surface area contributed by atoms with Crippen LogP contribution >= 0.6 is 11.8 Å². The molecule has 0 aromatic rings. The molecule has 0 atom stereocenters. The minimum absolute atomic E-state index is 0.135. The summed E-state index contributed by atoms with van der Waals surface area (Å²) in [6.45, 7) is 4.99. The number of piperidine rings is 1. The van der Waals surface area contributed by atoms with Gasteiger partial charge in [-0.1, -0.05) is 26.7 Å². The van der Waals surface area contributed by atoms with Crippen LogP contribution in [-0.4, -0.2) is 16.9 Å². The van der Waals surface area contributed by atoms with Gasteiger partial charge < -0.3 is 0 Å². The Balaban J connectivity index is 2.77. The Kier molecular flexibility index (Phi) is 4.24. The lowest BCUT2D eigenvalue weighted by Crippen LogP contribution is -2.44. The molecule has 1 amide bonds. The molecule has 3 heteroatoms. The van der Waals surface area contributed by atoms with E-state index in [4.69, 9.17) is 11.8 Å². The number of amides is 1. The summed E-state index contributed by atoms with van der Waals surface area (Å²) in [7, 11) is 0. The fourth-order valence-corrected chi connectivity index (χ4v) is 2.87. The lowest BCUT2D eigenvalue weighted by molar-refractivity contribution is -0.141. The van der Waals surface area contributed by atoms with Gasteiger partial charge in [-0.3, -0.25) is 9.21 Å². The van der Waals surface area contributed by atoms with Gasteiger partial charge in [-0.05, 0) is 25.7 Å². The van der Waals surface area contributed by atoms with Crippen LogP contribution in [0.4, 0.5) is 0 Å². The Bertz CT molecular complexity index is 194. The molecule has 0 saturated carbocycles. The molecule has 14 heavy (non-hydrogen) atoms. The normalized spacial score (nSPS) is 21.4. The van der Waals surface area contributed by atoms with E-state index in [-0.39, 0.29) is 11.3 Å². The van der Waals surface area contributed by atoms with Crippen molar-refractivity contribution in [2.45, 2.75) is 52.4 Å². The van der Waals surface area contributed by atoms with Crippen LogP contribution in [0.5, 0.6) is 0 Å². The van der Waals surface area contributed by atoms with E-state index in [0.717, 1.165) is 45.1 Å². The predicted molar refractivity (Wildman–Crippen MR) is 59.0 cm³/mol. The van der Waals surface area contributed by atoms with Crippen LogP contribution < -0.4 is 0 Å². The van der Waals surface area contributed by atoms with E-state index in [2.05, 4.69) is 13.8 Å². The zero-order chi connectivity index (χ0) is 10.6. The Morgan fingerprint density at radius 2 is 1.93 bits per heavy atom. The molecule has 1 saturated heterocycles. The van der Waals surface area contributed by atoms with Crippen molar-refractivity contribution in [3.05, 3.63) is 0 Å². The number of hydrogen-bond acceptors (Lipinski definition) is 1. The van der Waals surface area contributed by atoms with Crippen LogP contribution in [0.2, 0.25) is 0 Å². The van der Waals surface area contributed by atoms with Crippen LogP contribution in [0.3, 0.4) is 0 Å². The predicted octanol–water partition coefficient (Wildman–Crippen LogP) is 3.35. The fraction of sp³-hybridized carbons (Fsp3) is 0.909. The third-order valence-electron chi connectivity index (χ3n) is 3.14. The third-order valence-corrected chi connectivity index (χ3v) is 3.46. The van der Waals surface area contributed by atoms with Crippen LogP contribution in [0.15, 0.2) is 0 Å². The van der Waals surface area contributed by atoms with Gasteiger partial charge >= 0.3 is 0 Å². The molecule has 1 aliphatic rings. The van der Waals surface area contributed by atoms with Crippen LogP contribution in [0, 0.1) is 5.41 Å². The van der Waals surface area contributed by atoms with Crippen LogP contribution in [0.1, 0.15) is 52.4 Å². The van der Waals surface area contributed by atoms with E-state index >= 15 is 0 Å². The number of carbonyl (C=O) groups excluding carboxylic acids is 1. The molecule has 82 valence electrons. The minimum atomic E-state index is -0.135. The van der Waals surface area contributed by atoms with Crippen molar-refractivity contribution in [3.63, 3.8) is 0 Å². The van der Waals surface area contributed by atoms with E-state index in [1.165, 1.54) is 4.42 Å². The van der Waals surface area contributed by atoms with Crippen LogP contribution in [0.25, 0.3) is 0 Å². The van der Waals surface area contributed by atoms with Gasteiger partial charge in [0, 0.05) is 18.3 Å². The van der Waals surface area contributed by atoms with Crippen molar-refractivity contribution in [3.8, 4) is 0 Å². The molecule has 0 aromatic heterocycles. The largest absolute Gasteiger partial charge is 0.273 e. The molecule has 0 radical (unpaired) electrons. The lowest BCUT2D eigenvalue weighted by atomic mass is 9.73. The van der Waals surface area contributed by atoms with Crippen LogP contribution in [-0.2, 0) is 4.79 Å². The topological polar surface area (TPSA) is 20.3 Å². The zero-order valence-corrected chi connectivity index (χ0v) is 9.94. The van der Waals surface area contributed by atoms with Gasteiger partial charge in [-0.25, -0.2) is 0 Å². The maximum atomic E-state index is 12.0. The van der Waals surface area contributed by atoms with Crippen molar-refractivity contribution < 1.29 is 4.79 Å². The molecule has 0 aliphatic carbocycles. The van der Waals surface area contributed by atoms with Crippen molar-refractivity contribution in [1.29, 1.82) is 0 Å². The highest BCUT2D eigenvalue weighted by Crippen LogP contribution is 2.40. The lowest BCUT2D eigenvalue weighted by Gasteiger charge is -2.38. The minimum Gasteiger partial charge on any atom is -0.273 e. The highest BCUT2D eigenvalue weighted by Gasteiger charge is 2.41. The quantitative estimate of drug-likeness (QED) is 0.662. The molecule has 1 fully saturated rings. The first-order chi connectivity index (χ1) is 6.66. The first-order valence-corrected chi connectivity index (χ1v) is 5.98. The molecule has 1 heterocycles. The Morgan fingerprint density at radius 3 is 2.43 bits per heavy atom. The highest BCUT2D eigenvalue weighted by atomic mass is 35.5. The standard InChI is InChI=1S/C11H20ClNO/c1-3-6-11(7-4-2)8-5-9-13(12)10(11)14/h3-9H2,1-2H3. The average Bonchev–Trinajstić information content (AvgIpc) is 2.15. The van der Waals surface area contributed by atoms with Gasteiger partial charge in [-0.2, -0.15) is 0 Å². The van der Waals surface area contributed by atoms with E-state index in [9.17, 15) is 4.79 Å². The number of halogens is 1. The van der Waals surface area contributed by atoms with E-state index in [1.54, 1.807) is 0 Å².